The van der Waals surface area contributed by atoms with Gasteiger partial charge in [-0.2, -0.15) is 0 Å². The molecule has 391 valence electrons. The first-order valence-electron chi connectivity index (χ1n) is 27.3. The molecule has 0 aliphatic carbocycles. The van der Waals surface area contributed by atoms with E-state index in [-0.39, 0.29) is 32.7 Å². The Labute approximate surface area is 496 Å². The zero-order chi connectivity index (χ0) is 55.3. The van der Waals surface area contributed by atoms with Gasteiger partial charge < -0.3 is 24.3 Å². The third-order valence-corrected chi connectivity index (χ3v) is 14.8. The molecule has 79 heavy (non-hydrogen) atoms. The fourth-order valence-corrected chi connectivity index (χ4v) is 10.4. The van der Waals surface area contributed by atoms with Crippen LogP contribution in [-0.4, -0.2) is 0 Å². The molecule has 1 radical (unpaired) electrons. The maximum Gasteiger partial charge on any atom is 0 e. The van der Waals surface area contributed by atoms with Gasteiger partial charge >= 0.3 is 0 Å². The van der Waals surface area contributed by atoms with Crippen molar-refractivity contribution >= 4 is 86.2 Å². The van der Waals surface area contributed by atoms with Crippen LogP contribution < -0.4 is 0 Å². The van der Waals surface area contributed by atoms with E-state index >= 15 is 0 Å². The maximum absolute atomic E-state index is 2.83. The van der Waals surface area contributed by atoms with Crippen LogP contribution in [0.4, 0.5) is 0 Å². The Morgan fingerprint density at radius 1 is 0.228 bits per heavy atom. The number of rotatable bonds is 1. The molecule has 0 bridgehead atoms. The molecule has 0 aromatic heterocycles. The average molecular weight is 1100 g/mol. The molecular formula is C78H74Y-2. The van der Waals surface area contributed by atoms with Crippen molar-refractivity contribution in [3.05, 3.63) is 298 Å². The minimum Gasteiger partial charge on any atom is -0.391 e. The fourth-order valence-electron chi connectivity index (χ4n) is 10.4. The smallest absolute Gasteiger partial charge is 0 e. The summed E-state index contributed by atoms with van der Waals surface area (Å²) < 4.78 is 0. The molecule has 13 aromatic rings. The van der Waals surface area contributed by atoms with Gasteiger partial charge in [0.05, 0.1) is 0 Å². The van der Waals surface area contributed by atoms with E-state index in [0.29, 0.717) is 0 Å². The van der Waals surface area contributed by atoms with Crippen LogP contribution >= 0.6 is 0 Å². The number of aryl methyl sites for hydroxylation is 10. The first-order valence-corrected chi connectivity index (χ1v) is 27.3. The van der Waals surface area contributed by atoms with E-state index in [4.69, 9.17) is 0 Å². The Balaban J connectivity index is 0.000000140. The van der Waals surface area contributed by atoms with Crippen molar-refractivity contribution in [2.24, 2.45) is 0 Å². The van der Waals surface area contributed by atoms with E-state index in [0.717, 1.165) is 0 Å². The third kappa shape index (κ3) is 14.8. The molecule has 0 saturated carbocycles. The number of benzene rings is 13. The van der Waals surface area contributed by atoms with Crippen molar-refractivity contribution in [3.63, 3.8) is 0 Å². The van der Waals surface area contributed by atoms with Crippen LogP contribution in [0.5, 0.6) is 0 Å². The minimum absolute atomic E-state index is 0. The SMILES string of the molecule is C[C-]=CC=[C-]C.Cc1c2ccccc2c(C)c2ccccc12.Cc1ccc(C)c2cc3ccccc3cc12.Cc1ccc(C)c2ccccc12.Cc1ccc2cc(C)ccc2c1.Cc1ccc2cc3cc(C)ccc3cc2c1.[Y]. The second-order valence-corrected chi connectivity index (χ2v) is 20.8. The van der Waals surface area contributed by atoms with Crippen LogP contribution in [0.2, 0.25) is 0 Å². The zero-order valence-corrected chi connectivity index (χ0v) is 51.4. The fraction of sp³-hybridized carbons (Fsp3) is 0.154. The Kier molecular flexibility index (Phi) is 20.9. The van der Waals surface area contributed by atoms with Gasteiger partial charge in [0.1, 0.15) is 0 Å². The van der Waals surface area contributed by atoms with E-state index in [1.165, 1.54) is 142 Å². The second-order valence-electron chi connectivity index (χ2n) is 20.8. The summed E-state index contributed by atoms with van der Waals surface area (Å²) in [6, 6.07) is 78.6. The number of fused-ring (bicyclic) bond motifs is 8. The molecule has 0 nitrogen and oxygen atoms in total. The summed E-state index contributed by atoms with van der Waals surface area (Å²) in [6.45, 7) is 25.3. The van der Waals surface area contributed by atoms with Crippen molar-refractivity contribution in [1.82, 2.24) is 0 Å². The van der Waals surface area contributed by atoms with Gasteiger partial charge in [-0.05, 0) is 213 Å². The molecule has 0 saturated heterocycles. The van der Waals surface area contributed by atoms with Gasteiger partial charge in [0.2, 0.25) is 0 Å². The van der Waals surface area contributed by atoms with Gasteiger partial charge in [-0.15, -0.1) is 13.8 Å². The van der Waals surface area contributed by atoms with Crippen LogP contribution in [0, 0.1) is 81.4 Å². The molecule has 0 unspecified atom stereocenters. The van der Waals surface area contributed by atoms with Crippen LogP contribution in [-0.2, 0) is 32.7 Å². The quantitative estimate of drug-likeness (QED) is 0.0873. The van der Waals surface area contributed by atoms with Crippen molar-refractivity contribution in [3.8, 4) is 0 Å². The van der Waals surface area contributed by atoms with E-state index < -0.39 is 0 Å². The summed E-state index contributed by atoms with van der Waals surface area (Å²) >= 11 is 0. The van der Waals surface area contributed by atoms with Gasteiger partial charge in [-0.25, -0.2) is 0 Å². The van der Waals surface area contributed by atoms with Gasteiger partial charge in [-0.1, -0.05) is 216 Å². The Hall–Kier alpha value is -7.48. The summed E-state index contributed by atoms with van der Waals surface area (Å²) in [7, 11) is 0. The van der Waals surface area contributed by atoms with E-state index in [1.807, 2.05) is 26.0 Å². The molecule has 0 amide bonds. The molecule has 0 N–H and O–H groups in total. The van der Waals surface area contributed by atoms with Gasteiger partial charge in [0.15, 0.2) is 0 Å². The van der Waals surface area contributed by atoms with E-state index in [2.05, 4.69) is 300 Å². The van der Waals surface area contributed by atoms with Gasteiger partial charge in [0, 0.05) is 32.7 Å². The summed E-state index contributed by atoms with van der Waals surface area (Å²) in [6.07, 6.45) is 9.29. The maximum atomic E-state index is 2.83. The standard InChI is InChI=1S/3C16H14.2C12H12.C6H8.Y/c1-11-3-5-13-10-16-8-12(2)4-6-14(16)9-15(13)7-11;1-11-13-7-3-5-9-15(13)12(2)16-10-6-4-8-14(11)16;1-11-7-8-12(2)16-10-14-6-4-3-5-13(14)9-15(11)16;1-9-3-5-12-8-10(2)4-6-11(12)7-9;1-9-7-8-10(2)12-6-4-3-5-11(9)12;1-3-5-6-4-2;/h3*3-10H,1-2H3;2*3-8H,1-2H3;5-6H,1-2H3;/q;;;;;-2;. The predicted molar refractivity (Wildman–Crippen MR) is 347 cm³/mol. The van der Waals surface area contributed by atoms with Crippen LogP contribution in [0.1, 0.15) is 69.5 Å². The molecule has 0 fully saturated rings. The molecular weight excluding hydrogens is 1030 g/mol. The Morgan fingerprint density at radius 2 is 0.468 bits per heavy atom. The first-order chi connectivity index (χ1) is 37.7. The Bertz CT molecular complexity index is 3950. The topological polar surface area (TPSA) is 0 Å². The second kappa shape index (κ2) is 27.9. The molecule has 1 heteroatoms. The molecule has 0 spiro atoms. The van der Waals surface area contributed by atoms with Crippen molar-refractivity contribution in [2.45, 2.75) is 83.1 Å². The predicted octanol–water partition coefficient (Wildman–Crippen LogP) is 22.5. The van der Waals surface area contributed by atoms with Crippen molar-refractivity contribution < 1.29 is 32.7 Å². The van der Waals surface area contributed by atoms with Gasteiger partial charge in [-0.3, -0.25) is 0 Å². The molecule has 0 heterocycles. The number of hydrogen-bond acceptors (Lipinski definition) is 0. The number of hydrogen-bond donors (Lipinski definition) is 0. The number of allylic oxidation sites excluding steroid dienone is 4. The molecule has 0 atom stereocenters. The van der Waals surface area contributed by atoms with E-state index in [9.17, 15) is 0 Å². The van der Waals surface area contributed by atoms with Crippen LogP contribution in [0.3, 0.4) is 0 Å². The largest absolute Gasteiger partial charge is 0.391 e. The van der Waals surface area contributed by atoms with Gasteiger partial charge in [0.25, 0.3) is 0 Å². The molecule has 0 aliphatic heterocycles. The first kappa shape index (κ1) is 59.2. The summed E-state index contributed by atoms with van der Waals surface area (Å²) in [4.78, 5) is 0. The normalized spacial score (nSPS) is 10.8. The van der Waals surface area contributed by atoms with Crippen molar-refractivity contribution in [1.29, 1.82) is 0 Å². The Morgan fingerprint density at radius 3 is 0.772 bits per heavy atom. The van der Waals surface area contributed by atoms with Crippen molar-refractivity contribution in [2.75, 3.05) is 0 Å². The van der Waals surface area contributed by atoms with Crippen LogP contribution in [0.25, 0.3) is 86.2 Å². The van der Waals surface area contributed by atoms with E-state index in [1.54, 1.807) is 0 Å². The summed E-state index contributed by atoms with van der Waals surface area (Å²) in [5, 5.41) is 21.6. The summed E-state index contributed by atoms with van der Waals surface area (Å²) in [5.74, 6) is 0. The van der Waals surface area contributed by atoms with Crippen LogP contribution in [0.15, 0.2) is 231 Å². The zero-order valence-electron chi connectivity index (χ0n) is 48.5. The minimum atomic E-state index is 0. The molecule has 0 aliphatic rings. The molecule has 13 aromatic carbocycles. The molecule has 13 rings (SSSR count). The monoisotopic (exact) mass is 1100 g/mol. The summed E-state index contributed by atoms with van der Waals surface area (Å²) in [5.41, 5.74) is 13.5. The average Bonchev–Trinajstić information content (AvgIpc) is 3.49. The third-order valence-electron chi connectivity index (χ3n) is 14.8.